The molecule has 0 fully saturated rings. The zero-order chi connectivity index (χ0) is 13.4. The fraction of sp³-hybridized carbons (Fsp3) is 0.250. The molecule has 0 aliphatic carbocycles. The van der Waals surface area contributed by atoms with Gasteiger partial charge >= 0.3 is 0 Å². The molecule has 0 saturated heterocycles. The van der Waals surface area contributed by atoms with Gasteiger partial charge in [0.2, 0.25) is 5.88 Å². The molecule has 6 heteroatoms. The Bertz CT molecular complexity index is 593. The summed E-state index contributed by atoms with van der Waals surface area (Å²) in [5.41, 5.74) is 5.98. The summed E-state index contributed by atoms with van der Waals surface area (Å²) >= 11 is 0. The minimum Gasteiger partial charge on any atom is -0.367 e. The van der Waals surface area contributed by atoms with Gasteiger partial charge in [-0.15, -0.1) is 0 Å². The third-order valence-electron chi connectivity index (χ3n) is 2.62. The second kappa shape index (κ2) is 4.36. The van der Waals surface area contributed by atoms with E-state index in [1.54, 1.807) is 0 Å². The van der Waals surface area contributed by atoms with Crippen molar-refractivity contribution in [2.75, 3.05) is 5.73 Å². The van der Waals surface area contributed by atoms with Crippen molar-refractivity contribution in [2.24, 2.45) is 0 Å². The molecular weight excluding hydrogens is 245 g/mol. The van der Waals surface area contributed by atoms with E-state index in [1.165, 1.54) is 0 Å². The van der Waals surface area contributed by atoms with E-state index in [1.807, 2.05) is 13.8 Å². The molecule has 3 nitrogen and oxygen atoms in total. The summed E-state index contributed by atoms with van der Waals surface area (Å²) in [4.78, 5) is 0. The van der Waals surface area contributed by atoms with Crippen molar-refractivity contribution in [2.45, 2.75) is 19.8 Å². The predicted molar refractivity (Wildman–Crippen MR) is 60.3 cm³/mol. The highest BCUT2D eigenvalue weighted by atomic mass is 19.2. The van der Waals surface area contributed by atoms with Crippen molar-refractivity contribution in [3.63, 3.8) is 0 Å². The van der Waals surface area contributed by atoms with Crippen LogP contribution in [-0.4, -0.2) is 5.16 Å². The van der Waals surface area contributed by atoms with Crippen molar-refractivity contribution in [1.82, 2.24) is 5.16 Å². The molecule has 1 aromatic carbocycles. The molecule has 18 heavy (non-hydrogen) atoms. The summed E-state index contributed by atoms with van der Waals surface area (Å²) in [6.07, 6.45) is 0. The van der Waals surface area contributed by atoms with Gasteiger partial charge in [0.05, 0.1) is 0 Å². The lowest BCUT2D eigenvalue weighted by molar-refractivity contribution is 0.434. The van der Waals surface area contributed by atoms with E-state index in [9.17, 15) is 13.2 Å². The van der Waals surface area contributed by atoms with Crippen LogP contribution in [0.5, 0.6) is 0 Å². The van der Waals surface area contributed by atoms with Gasteiger partial charge in [-0.1, -0.05) is 19.0 Å². The summed E-state index contributed by atoms with van der Waals surface area (Å²) in [5.74, 6) is -4.13. The Morgan fingerprint density at radius 3 is 2.44 bits per heavy atom. The summed E-state index contributed by atoms with van der Waals surface area (Å²) in [6.45, 7) is 3.62. The van der Waals surface area contributed by atoms with Crippen molar-refractivity contribution < 1.29 is 17.7 Å². The van der Waals surface area contributed by atoms with Crippen LogP contribution in [0.1, 0.15) is 25.3 Å². The largest absolute Gasteiger partial charge is 0.367 e. The first-order valence-electron chi connectivity index (χ1n) is 5.32. The Morgan fingerprint density at radius 1 is 1.17 bits per heavy atom. The standard InChI is InChI=1S/C12H11F3N2O/c1-5(2)8-11(17-18-12(8)16)6-3-4-7(13)10(15)9(6)14/h3-5H,16H2,1-2H3. The van der Waals surface area contributed by atoms with Gasteiger partial charge in [0, 0.05) is 11.1 Å². The Balaban J connectivity index is 2.67. The average molecular weight is 256 g/mol. The first kappa shape index (κ1) is 12.5. The molecular formula is C12H11F3N2O. The van der Waals surface area contributed by atoms with Crippen LogP contribution in [0.25, 0.3) is 11.3 Å². The highest BCUT2D eigenvalue weighted by Gasteiger charge is 2.23. The van der Waals surface area contributed by atoms with Crippen LogP contribution in [0, 0.1) is 17.5 Å². The molecule has 0 spiro atoms. The topological polar surface area (TPSA) is 52.0 Å². The molecule has 0 amide bonds. The van der Waals surface area contributed by atoms with Crippen LogP contribution in [0.2, 0.25) is 0 Å². The van der Waals surface area contributed by atoms with Crippen LogP contribution < -0.4 is 5.73 Å². The number of benzene rings is 1. The number of hydrogen-bond acceptors (Lipinski definition) is 3. The fourth-order valence-electron chi connectivity index (χ4n) is 1.77. The lowest BCUT2D eigenvalue weighted by Gasteiger charge is -2.07. The summed E-state index contributed by atoms with van der Waals surface area (Å²) in [6, 6.07) is 1.94. The molecule has 96 valence electrons. The molecule has 0 aliphatic rings. The van der Waals surface area contributed by atoms with Gasteiger partial charge in [0.15, 0.2) is 17.5 Å². The smallest absolute Gasteiger partial charge is 0.226 e. The zero-order valence-corrected chi connectivity index (χ0v) is 9.80. The fourth-order valence-corrected chi connectivity index (χ4v) is 1.77. The van der Waals surface area contributed by atoms with Crippen molar-refractivity contribution >= 4 is 5.88 Å². The van der Waals surface area contributed by atoms with Gasteiger partial charge in [-0.25, -0.2) is 13.2 Å². The van der Waals surface area contributed by atoms with Crippen LogP contribution in [0.4, 0.5) is 19.1 Å². The number of anilines is 1. The number of nitrogens with zero attached hydrogens (tertiary/aromatic N) is 1. The number of halogens is 3. The molecule has 0 aliphatic heterocycles. The van der Waals surface area contributed by atoms with Crippen LogP contribution >= 0.6 is 0 Å². The average Bonchev–Trinajstić information content (AvgIpc) is 2.68. The van der Waals surface area contributed by atoms with E-state index in [-0.39, 0.29) is 23.1 Å². The van der Waals surface area contributed by atoms with Gasteiger partial charge in [-0.2, -0.15) is 0 Å². The molecule has 1 heterocycles. The molecule has 0 saturated carbocycles. The van der Waals surface area contributed by atoms with E-state index in [4.69, 9.17) is 10.3 Å². The van der Waals surface area contributed by atoms with E-state index in [0.717, 1.165) is 12.1 Å². The van der Waals surface area contributed by atoms with E-state index in [2.05, 4.69) is 5.16 Å². The molecule has 2 rings (SSSR count). The van der Waals surface area contributed by atoms with E-state index >= 15 is 0 Å². The van der Waals surface area contributed by atoms with Crippen molar-refractivity contribution in [3.8, 4) is 11.3 Å². The Kier molecular flexibility index (Phi) is 3.02. The quantitative estimate of drug-likeness (QED) is 0.837. The first-order chi connectivity index (χ1) is 8.43. The maximum atomic E-state index is 13.7. The minimum absolute atomic E-state index is 0.0455. The molecule has 0 bridgehead atoms. The zero-order valence-electron chi connectivity index (χ0n) is 9.80. The maximum absolute atomic E-state index is 13.7. The summed E-state index contributed by atoms with van der Waals surface area (Å²) in [7, 11) is 0. The Labute approximate surface area is 101 Å². The normalized spacial score (nSPS) is 11.2. The number of nitrogens with two attached hydrogens (primary N) is 1. The summed E-state index contributed by atoms with van der Waals surface area (Å²) < 4.78 is 44.5. The minimum atomic E-state index is -1.54. The third-order valence-corrected chi connectivity index (χ3v) is 2.62. The van der Waals surface area contributed by atoms with Crippen LogP contribution in [-0.2, 0) is 0 Å². The van der Waals surface area contributed by atoms with Gasteiger partial charge in [-0.3, -0.25) is 0 Å². The molecule has 0 atom stereocenters. The number of hydrogen-bond donors (Lipinski definition) is 1. The highest BCUT2D eigenvalue weighted by molar-refractivity contribution is 5.68. The summed E-state index contributed by atoms with van der Waals surface area (Å²) in [5, 5.41) is 3.61. The lowest BCUT2D eigenvalue weighted by atomic mass is 9.98. The van der Waals surface area contributed by atoms with Gasteiger partial charge in [-0.05, 0) is 18.1 Å². The highest BCUT2D eigenvalue weighted by Crippen LogP contribution is 2.35. The number of aromatic nitrogens is 1. The third kappa shape index (κ3) is 1.83. The van der Waals surface area contributed by atoms with Gasteiger partial charge in [0.25, 0.3) is 0 Å². The monoisotopic (exact) mass is 256 g/mol. The molecule has 0 radical (unpaired) electrons. The van der Waals surface area contributed by atoms with Crippen molar-refractivity contribution in [1.29, 1.82) is 0 Å². The molecule has 0 unspecified atom stereocenters. The predicted octanol–water partition coefficient (Wildman–Crippen LogP) is 3.46. The van der Waals surface area contributed by atoms with Crippen LogP contribution in [0.15, 0.2) is 16.7 Å². The van der Waals surface area contributed by atoms with E-state index < -0.39 is 17.5 Å². The Hall–Kier alpha value is -1.98. The maximum Gasteiger partial charge on any atom is 0.226 e. The lowest BCUT2D eigenvalue weighted by Crippen LogP contribution is -1.98. The van der Waals surface area contributed by atoms with Crippen LogP contribution in [0.3, 0.4) is 0 Å². The Morgan fingerprint density at radius 2 is 1.83 bits per heavy atom. The number of nitrogen functional groups attached to an aromatic ring is 1. The number of rotatable bonds is 2. The van der Waals surface area contributed by atoms with E-state index in [0.29, 0.717) is 5.56 Å². The molecule has 2 aromatic rings. The van der Waals surface area contributed by atoms with Gasteiger partial charge in [0.1, 0.15) is 5.69 Å². The van der Waals surface area contributed by atoms with Crippen molar-refractivity contribution in [3.05, 3.63) is 35.1 Å². The SMILES string of the molecule is CC(C)c1c(-c2ccc(F)c(F)c2F)noc1N. The second-order valence-corrected chi connectivity index (χ2v) is 4.19. The second-order valence-electron chi connectivity index (χ2n) is 4.19. The molecule has 1 aromatic heterocycles. The van der Waals surface area contributed by atoms with Gasteiger partial charge < -0.3 is 10.3 Å². The molecule has 2 N–H and O–H groups in total. The first-order valence-corrected chi connectivity index (χ1v) is 5.32.